The van der Waals surface area contributed by atoms with Crippen LogP contribution in [0.3, 0.4) is 0 Å². The van der Waals surface area contributed by atoms with Crippen LogP contribution < -0.4 is 10.6 Å². The Balaban J connectivity index is 1.66. The van der Waals surface area contributed by atoms with Crippen molar-refractivity contribution in [3.05, 3.63) is 23.0 Å². The molecule has 0 spiro atoms. The Labute approximate surface area is 204 Å². The molecule has 1 amide bonds. The fourth-order valence-corrected chi connectivity index (χ4v) is 5.98. The maximum Gasteiger partial charge on any atom is 0.261 e. The number of hydrogen-bond donors (Lipinski definition) is 3. The number of rotatable bonds is 3. The van der Waals surface area contributed by atoms with Crippen molar-refractivity contribution < 1.29 is 38.7 Å². The van der Waals surface area contributed by atoms with Crippen molar-refractivity contribution in [2.75, 3.05) is 19.0 Å². The van der Waals surface area contributed by atoms with E-state index in [0.717, 1.165) is 0 Å². The number of primary amides is 1. The van der Waals surface area contributed by atoms with Gasteiger partial charge in [0.2, 0.25) is 5.91 Å². The number of carbonyl (C=O) groups is 5. The van der Waals surface area contributed by atoms with Gasteiger partial charge in [0, 0.05) is 32.1 Å². The van der Waals surface area contributed by atoms with Crippen LogP contribution in [-0.4, -0.2) is 69.1 Å². The zero-order valence-corrected chi connectivity index (χ0v) is 19.8. The van der Waals surface area contributed by atoms with E-state index in [4.69, 9.17) is 10.3 Å². The van der Waals surface area contributed by atoms with E-state index in [9.17, 15) is 34.2 Å². The minimum Gasteiger partial charge on any atom is -0.506 e. The third-order valence-corrected chi connectivity index (χ3v) is 7.62. The molecule has 4 N–H and O–H groups in total. The van der Waals surface area contributed by atoms with Crippen LogP contribution in [0.25, 0.3) is 11.5 Å². The SMILES string of the molecule is Cc1noc(-c2cc(N(C)C)c3c(c2O)C(=O)C2C(=O)[C@]4(O)C(=O)C(C(N)=O)C(=O)C[C@@H]4C[C@@H]2C3)n1. The lowest BCUT2D eigenvalue weighted by atomic mass is 9.53. The van der Waals surface area contributed by atoms with Crippen molar-refractivity contribution in [1.29, 1.82) is 0 Å². The number of benzene rings is 1. The number of nitrogens with two attached hydrogens (primary N) is 1. The summed E-state index contributed by atoms with van der Waals surface area (Å²) in [7, 11) is 3.50. The van der Waals surface area contributed by atoms with Gasteiger partial charge in [-0.2, -0.15) is 4.98 Å². The van der Waals surface area contributed by atoms with Gasteiger partial charge in [-0.1, -0.05) is 5.16 Å². The number of ketones is 4. The highest BCUT2D eigenvalue weighted by atomic mass is 16.5. The number of Topliss-reactive ketones (excluding diaryl/α,β-unsaturated/α-hetero) is 4. The van der Waals surface area contributed by atoms with Crippen molar-refractivity contribution in [2.45, 2.75) is 31.8 Å². The van der Waals surface area contributed by atoms with E-state index in [2.05, 4.69) is 10.1 Å². The first kappa shape index (κ1) is 23.8. The van der Waals surface area contributed by atoms with Gasteiger partial charge in [0.1, 0.15) is 5.75 Å². The van der Waals surface area contributed by atoms with E-state index in [1.54, 1.807) is 32.0 Å². The molecule has 12 nitrogen and oxygen atoms in total. The highest BCUT2D eigenvalue weighted by Crippen LogP contribution is 2.52. The largest absolute Gasteiger partial charge is 0.506 e. The topological polar surface area (TPSA) is 194 Å². The number of phenols is 1. The summed E-state index contributed by atoms with van der Waals surface area (Å²) in [5.74, 6) is -10.4. The van der Waals surface area contributed by atoms with Crippen molar-refractivity contribution in [3.8, 4) is 17.2 Å². The molecule has 2 fully saturated rings. The summed E-state index contributed by atoms with van der Waals surface area (Å²) in [5, 5.41) is 26.2. The molecule has 36 heavy (non-hydrogen) atoms. The van der Waals surface area contributed by atoms with Crippen LogP contribution in [0.1, 0.15) is 34.6 Å². The van der Waals surface area contributed by atoms with Gasteiger partial charge in [0.15, 0.2) is 40.5 Å². The second-order valence-corrected chi connectivity index (χ2v) is 9.93. The monoisotopic (exact) mass is 496 g/mol. The van der Waals surface area contributed by atoms with Gasteiger partial charge in [-0.15, -0.1) is 0 Å². The molecule has 1 aromatic heterocycles. The number of aromatic nitrogens is 2. The average Bonchev–Trinajstić information content (AvgIpc) is 3.21. The smallest absolute Gasteiger partial charge is 0.261 e. The van der Waals surface area contributed by atoms with Gasteiger partial charge in [0.25, 0.3) is 5.89 Å². The summed E-state index contributed by atoms with van der Waals surface area (Å²) in [6.07, 6.45) is -0.178. The number of nitrogens with zero attached hydrogens (tertiary/aromatic N) is 3. The van der Waals surface area contributed by atoms with E-state index in [1.807, 2.05) is 0 Å². The summed E-state index contributed by atoms with van der Waals surface area (Å²) in [5.41, 5.74) is 3.55. The number of phenolic OH excluding ortho intramolecular Hbond substituents is 1. The quantitative estimate of drug-likeness (QED) is 0.474. The number of aromatic hydroxyl groups is 1. The Bertz CT molecular complexity index is 1380. The lowest BCUT2D eigenvalue weighted by Crippen LogP contribution is -2.68. The molecule has 12 heteroatoms. The molecule has 0 bridgehead atoms. The van der Waals surface area contributed by atoms with Crippen LogP contribution in [0.4, 0.5) is 5.69 Å². The van der Waals surface area contributed by atoms with Gasteiger partial charge < -0.3 is 25.4 Å². The zero-order valence-electron chi connectivity index (χ0n) is 19.8. The van der Waals surface area contributed by atoms with E-state index in [-0.39, 0.29) is 36.3 Å². The molecular weight excluding hydrogens is 472 g/mol. The predicted molar refractivity (Wildman–Crippen MR) is 121 cm³/mol. The number of anilines is 1. The van der Waals surface area contributed by atoms with Gasteiger partial charge >= 0.3 is 0 Å². The Kier molecular flexibility index (Phi) is 5.15. The molecule has 1 heterocycles. The highest BCUT2D eigenvalue weighted by molar-refractivity contribution is 6.31. The molecule has 0 aliphatic heterocycles. The molecule has 3 aliphatic carbocycles. The van der Waals surface area contributed by atoms with E-state index in [1.165, 1.54) is 0 Å². The molecule has 2 aromatic rings. The Morgan fingerprint density at radius 2 is 1.89 bits per heavy atom. The molecular formula is C24H24N4O8. The van der Waals surface area contributed by atoms with Gasteiger partial charge in [0.05, 0.1) is 17.0 Å². The number of aryl methyl sites for hydroxylation is 1. The second-order valence-electron chi connectivity index (χ2n) is 9.93. The van der Waals surface area contributed by atoms with Crippen molar-refractivity contribution in [1.82, 2.24) is 10.1 Å². The van der Waals surface area contributed by atoms with Crippen molar-refractivity contribution >= 4 is 34.7 Å². The molecule has 1 aromatic carbocycles. The predicted octanol–water partition coefficient (Wildman–Crippen LogP) is -0.249. The van der Waals surface area contributed by atoms with Crippen LogP contribution in [0.5, 0.6) is 5.75 Å². The molecule has 0 saturated heterocycles. The maximum atomic E-state index is 13.8. The zero-order chi connectivity index (χ0) is 26.3. The first-order valence-electron chi connectivity index (χ1n) is 11.4. The number of aliphatic hydroxyl groups is 1. The van der Waals surface area contributed by atoms with E-state index >= 15 is 0 Å². The Morgan fingerprint density at radius 1 is 1.19 bits per heavy atom. The molecule has 2 saturated carbocycles. The molecule has 0 radical (unpaired) electrons. The lowest BCUT2D eigenvalue weighted by Gasteiger charge is -2.48. The third-order valence-electron chi connectivity index (χ3n) is 7.62. The fraction of sp³-hybridized carbons (Fsp3) is 0.458. The summed E-state index contributed by atoms with van der Waals surface area (Å²) in [6, 6.07) is 1.61. The van der Waals surface area contributed by atoms with Crippen molar-refractivity contribution in [2.24, 2.45) is 29.4 Å². The van der Waals surface area contributed by atoms with E-state index in [0.29, 0.717) is 17.1 Å². The Hall–Kier alpha value is -3.93. The maximum absolute atomic E-state index is 13.8. The van der Waals surface area contributed by atoms with Gasteiger partial charge in [-0.25, -0.2) is 0 Å². The standard InChI is InChI=1S/C24H24N4O8/c1-8-26-23(36-27-8)12-7-13(28(2)3)11-5-9-4-10-6-14(29)17(22(25)34)21(33)24(10,35)20(32)15(9)19(31)16(11)18(12)30/h7,9-10,15,17,30,35H,4-6H2,1-3H3,(H2,25,34)/t9-,10+,15?,17?,24+/m1/s1. The molecule has 2 unspecified atom stereocenters. The number of hydrogen-bond acceptors (Lipinski definition) is 11. The van der Waals surface area contributed by atoms with Crippen LogP contribution in [0.15, 0.2) is 10.6 Å². The van der Waals surface area contributed by atoms with Crippen molar-refractivity contribution in [3.63, 3.8) is 0 Å². The molecule has 188 valence electrons. The third kappa shape index (κ3) is 3.06. The molecule has 5 rings (SSSR count). The van der Waals surface area contributed by atoms with Gasteiger partial charge in [-0.05, 0) is 37.3 Å². The lowest BCUT2D eigenvalue weighted by molar-refractivity contribution is -0.175. The summed E-state index contributed by atoms with van der Waals surface area (Å²) >= 11 is 0. The second kappa shape index (κ2) is 7.79. The van der Waals surface area contributed by atoms with Crippen LogP contribution >= 0.6 is 0 Å². The number of amides is 1. The van der Waals surface area contributed by atoms with Gasteiger partial charge in [-0.3, -0.25) is 24.0 Å². The number of carbonyl (C=O) groups excluding carboxylic acids is 5. The van der Waals surface area contributed by atoms with Crippen LogP contribution in [0, 0.1) is 30.6 Å². The summed E-state index contributed by atoms with van der Waals surface area (Å²) in [4.78, 5) is 70.6. The van der Waals surface area contributed by atoms with E-state index < -0.39 is 64.1 Å². The fourth-order valence-electron chi connectivity index (χ4n) is 5.98. The molecule has 3 aliphatic rings. The highest BCUT2D eigenvalue weighted by Gasteiger charge is 2.66. The molecule has 5 atom stereocenters. The van der Waals surface area contributed by atoms with Crippen LogP contribution in [-0.2, 0) is 25.6 Å². The first-order chi connectivity index (χ1) is 16.9. The van der Waals surface area contributed by atoms with Crippen LogP contribution in [0.2, 0.25) is 0 Å². The normalized spacial score (nSPS) is 29.4. The average molecular weight is 496 g/mol. The minimum atomic E-state index is -2.69. The summed E-state index contributed by atoms with van der Waals surface area (Å²) < 4.78 is 5.19. The number of fused-ring (bicyclic) bond motifs is 3. The minimum absolute atomic E-state index is 0.0234. The summed E-state index contributed by atoms with van der Waals surface area (Å²) in [6.45, 7) is 1.59. The Morgan fingerprint density at radius 3 is 2.47 bits per heavy atom. The first-order valence-corrected chi connectivity index (χ1v) is 11.4.